The van der Waals surface area contributed by atoms with Gasteiger partial charge in [-0.3, -0.25) is 28.8 Å². The van der Waals surface area contributed by atoms with Crippen LogP contribution in [-0.2, 0) is 114 Å². The van der Waals surface area contributed by atoms with Crippen molar-refractivity contribution in [2.45, 2.75) is 395 Å². The van der Waals surface area contributed by atoms with Crippen molar-refractivity contribution in [1.82, 2.24) is 0 Å². The Balaban J connectivity index is 1.51. The Morgan fingerprint density at radius 2 is 0.956 bits per heavy atom. The van der Waals surface area contributed by atoms with Gasteiger partial charge in [0.25, 0.3) is 0 Å². The van der Waals surface area contributed by atoms with Crippen molar-refractivity contribution in [1.29, 1.82) is 0 Å². The summed E-state index contributed by atoms with van der Waals surface area (Å²) in [5.74, 6) is -11.3. The van der Waals surface area contributed by atoms with Gasteiger partial charge in [0.1, 0.15) is 110 Å². The van der Waals surface area contributed by atoms with Gasteiger partial charge in [0.2, 0.25) is 0 Å². The highest BCUT2D eigenvalue weighted by molar-refractivity contribution is 5.75. The van der Waals surface area contributed by atoms with E-state index < -0.39 is 294 Å². The minimum atomic E-state index is -2.38. The molecule has 13 N–H and O–H groups in total. The average molecular weight is 1650 g/mol. The molecule has 7 fully saturated rings. The summed E-state index contributed by atoms with van der Waals surface area (Å²) in [6.07, 6.45) is -54.9. The molecule has 0 unspecified atom stereocenters. The molecule has 7 saturated heterocycles. The summed E-state index contributed by atoms with van der Waals surface area (Å²) >= 11 is 0. The number of ether oxygens (including phenoxy) is 18. The third kappa shape index (κ3) is 25.2. The van der Waals surface area contributed by atoms with E-state index >= 15 is 0 Å². The minimum Gasteiger partial charge on any atom is -0.463 e. The highest BCUT2D eigenvalue weighted by Crippen LogP contribution is 2.42. The van der Waals surface area contributed by atoms with Crippen LogP contribution in [0.4, 0.5) is 0 Å². The number of aliphatic hydroxyl groups is 13. The van der Waals surface area contributed by atoms with E-state index in [1.54, 1.807) is 20.8 Å². The minimum absolute atomic E-state index is 0.101. The van der Waals surface area contributed by atoms with Crippen molar-refractivity contribution in [3.8, 4) is 0 Å². The summed E-state index contributed by atoms with van der Waals surface area (Å²) in [7, 11) is 0. The van der Waals surface area contributed by atoms with Gasteiger partial charge in [-0.05, 0) is 80.1 Å². The van der Waals surface area contributed by atoms with Gasteiger partial charge < -0.3 is 152 Å². The normalized spacial score (nSPS) is 40.5. The van der Waals surface area contributed by atoms with Crippen LogP contribution in [0.1, 0.15) is 193 Å². The Morgan fingerprint density at radius 1 is 0.430 bits per heavy atom. The second-order valence-corrected chi connectivity index (χ2v) is 31.6. The van der Waals surface area contributed by atoms with E-state index in [0.717, 1.165) is 25.7 Å². The molecule has 660 valence electrons. The van der Waals surface area contributed by atoms with Crippen molar-refractivity contribution in [2.75, 3.05) is 26.4 Å². The smallest absolute Gasteiger partial charge is 0.311 e. The summed E-state index contributed by atoms with van der Waals surface area (Å²) in [5.41, 5.74) is 0. The number of fused-ring (bicyclic) bond motifs is 6. The molecule has 7 aliphatic rings. The molecule has 7 heterocycles. The molecule has 7 rings (SSSR count). The van der Waals surface area contributed by atoms with Gasteiger partial charge in [0.15, 0.2) is 68.3 Å². The van der Waals surface area contributed by atoms with E-state index in [1.165, 1.54) is 62.3 Å². The number of hydrogen-bond acceptors (Lipinski definition) is 37. The zero-order chi connectivity index (χ0) is 84.3. The predicted octanol–water partition coefficient (Wildman–Crippen LogP) is -0.0700. The molecule has 114 heavy (non-hydrogen) atoms. The van der Waals surface area contributed by atoms with Gasteiger partial charge >= 0.3 is 35.8 Å². The third-order valence-corrected chi connectivity index (χ3v) is 22.8. The zero-order valence-corrected chi connectivity index (χ0v) is 67.7. The first-order valence-electron chi connectivity index (χ1n) is 40.8. The quantitative estimate of drug-likeness (QED) is 0.0306. The molecule has 4 bridgehead atoms. The molecule has 38 atom stereocenters. The lowest BCUT2D eigenvalue weighted by molar-refractivity contribution is -0.414. The molecule has 37 heteroatoms. The fraction of sp³-hybridized carbons (Fsp3) is 0.922. The van der Waals surface area contributed by atoms with Crippen LogP contribution in [0, 0.1) is 29.6 Å². The topological polar surface area (TPSA) is 532 Å². The number of unbranched alkanes of at least 4 members (excludes halogenated alkanes) is 2. The molecule has 0 saturated carbocycles. The molecule has 7 aliphatic heterocycles. The molecule has 0 spiro atoms. The van der Waals surface area contributed by atoms with Gasteiger partial charge in [0, 0.05) is 6.42 Å². The number of aliphatic hydroxyl groups excluding tert-OH is 13. The Kier molecular flexibility index (Phi) is 39.1. The number of esters is 6. The number of carbonyl (C=O) groups excluding carboxylic acids is 6. The molecule has 0 aromatic heterocycles. The zero-order valence-electron chi connectivity index (χ0n) is 67.7. The molecule has 0 aliphatic carbocycles. The van der Waals surface area contributed by atoms with Crippen LogP contribution >= 0.6 is 0 Å². The lowest BCUT2D eigenvalue weighted by Gasteiger charge is -2.52. The fourth-order valence-electron chi connectivity index (χ4n) is 14.0. The fourth-order valence-corrected chi connectivity index (χ4v) is 14.0. The van der Waals surface area contributed by atoms with Crippen molar-refractivity contribution >= 4 is 35.8 Å². The van der Waals surface area contributed by atoms with Gasteiger partial charge in [0.05, 0.1) is 79.9 Å². The number of carbonyl (C=O) groups is 6. The van der Waals surface area contributed by atoms with E-state index in [0.29, 0.717) is 51.4 Å². The molecule has 0 radical (unpaired) electrons. The maximum Gasteiger partial charge on any atom is 0.311 e. The summed E-state index contributed by atoms with van der Waals surface area (Å²) in [4.78, 5) is 85.2. The molecule has 0 amide bonds. The van der Waals surface area contributed by atoms with E-state index in [9.17, 15) is 95.2 Å². The van der Waals surface area contributed by atoms with Gasteiger partial charge in [-0.15, -0.1) is 0 Å². The Labute approximate surface area is 665 Å². The van der Waals surface area contributed by atoms with Gasteiger partial charge in [-0.1, -0.05) is 106 Å². The second-order valence-electron chi connectivity index (χ2n) is 31.6. The van der Waals surface area contributed by atoms with Crippen LogP contribution in [0.25, 0.3) is 0 Å². The monoisotopic (exact) mass is 1650 g/mol. The summed E-state index contributed by atoms with van der Waals surface area (Å²) < 4.78 is 115. The lowest BCUT2D eigenvalue weighted by atomic mass is 9.94. The number of hydrogen-bond donors (Lipinski definition) is 13. The van der Waals surface area contributed by atoms with Crippen molar-refractivity contribution in [3.63, 3.8) is 0 Å². The summed E-state index contributed by atoms with van der Waals surface area (Å²) in [6.45, 7) is 15.7. The van der Waals surface area contributed by atoms with Crippen LogP contribution < -0.4 is 0 Å². The Morgan fingerprint density at radius 3 is 1.55 bits per heavy atom. The third-order valence-electron chi connectivity index (χ3n) is 22.8. The van der Waals surface area contributed by atoms with Crippen LogP contribution in [0.15, 0.2) is 0 Å². The maximum atomic E-state index is 14.7. The lowest BCUT2D eigenvalue weighted by Crippen LogP contribution is -2.70. The molecule has 37 nitrogen and oxygen atoms in total. The largest absolute Gasteiger partial charge is 0.463 e. The summed E-state index contributed by atoms with van der Waals surface area (Å²) in [6, 6.07) is 0. The van der Waals surface area contributed by atoms with E-state index in [-0.39, 0.29) is 25.7 Å². The first-order valence-corrected chi connectivity index (χ1v) is 40.8. The Bertz CT molecular complexity index is 2910. The van der Waals surface area contributed by atoms with E-state index in [4.69, 9.17) is 85.3 Å². The van der Waals surface area contributed by atoms with Crippen molar-refractivity contribution < 1.29 is 180 Å². The maximum absolute atomic E-state index is 14.7. The summed E-state index contributed by atoms with van der Waals surface area (Å²) in [5, 5.41) is 150. The van der Waals surface area contributed by atoms with Gasteiger partial charge in [-0.25, -0.2) is 0 Å². The van der Waals surface area contributed by atoms with Gasteiger partial charge in [-0.2, -0.15) is 0 Å². The first-order chi connectivity index (χ1) is 54.1. The highest BCUT2D eigenvalue weighted by Gasteiger charge is 2.61. The SMILES string of the molecule is CCCCC[C@H]1CCCCCCCCCC(=O)O[C@H]2[C@H](OC[C@H]3O[C@@H](O[C@H]4[C@H](O)[C@@H](COC(=O)[C@H](C)[C@@H](C)O)O[C@@H](O[C@H]5[C@H](O1)O[C@H](C)[C@@H](O)[C@@H]5O)[C@@H]4O[C@@H]1O[C@@H](C)[C@H](OC(=O)[C@H](C)[C@@H](C)O)[C@@H](O[C@@H]4O[C@H](CO)[C@@H](O)[C@H](O)[C@H]4O)[C@H]1OC(=O)[C@@H](C)CC)[C@H](O)[C@@H](OC(=O)[C@@H](C)CC)[C@@H]3OC(=O)[C@@H](C)CC)O[C@H](CO)[C@@H](O)[C@@H]2O. The van der Waals surface area contributed by atoms with Crippen LogP contribution in [0.2, 0.25) is 0 Å². The van der Waals surface area contributed by atoms with Crippen LogP contribution in [0.3, 0.4) is 0 Å². The first kappa shape index (κ1) is 96.9. The molecule has 0 aromatic carbocycles. The second kappa shape index (κ2) is 46.0. The van der Waals surface area contributed by atoms with Crippen molar-refractivity contribution in [2.24, 2.45) is 29.6 Å². The Hall–Kier alpha value is -4.18. The van der Waals surface area contributed by atoms with E-state index in [1.807, 2.05) is 6.92 Å². The molecule has 0 aromatic rings. The standard InChI is InChI=1S/C77H130O37/c1-14-18-24-27-43-28-25-22-20-19-21-23-26-29-48(82)106-62-55(89)51(85)45(31-79)103-74(62)98-33-47-59(108-67(92)34(5)15-2)61(109-68(93)35(6)16-3)57(91)73(105-47)111-60-52(86)46(32-97-70(95)37(8)39(10)80)104-77(112-63-54(88)49(83)41(12)99-75(63)101-43)65(60)114-76-66(110-69(94)36(7)17-4)64(58(42(13)100-76)107-71(96)38(9)40(11)81)113-72-56(90)53(87)50(84)44(30-78)102-72/h34-47,49-66,72-81,83-91H,14-33H2,1-13H3/t34-,35-,36-,37+,38+,39+,40+,41+,42-,43-,44+,45+,46+,47+,49+,50+,51+,52+,53-,54-,55-,56+,57+,58-,59+,60-,61+,62+,63+,64+,65+,66+,72-,73-,74+,75-,76-,77-/m0/s1. The number of rotatable bonds is 26. The predicted molar refractivity (Wildman–Crippen MR) is 388 cm³/mol. The highest BCUT2D eigenvalue weighted by atomic mass is 16.8. The van der Waals surface area contributed by atoms with Crippen LogP contribution in [-0.4, -0.2) is 331 Å². The van der Waals surface area contributed by atoms with Crippen LogP contribution in [0.5, 0.6) is 0 Å². The molecular weight excluding hydrogens is 1520 g/mol. The molecular formula is C77H130O37. The van der Waals surface area contributed by atoms with Crippen molar-refractivity contribution in [3.05, 3.63) is 0 Å². The van der Waals surface area contributed by atoms with E-state index in [2.05, 4.69) is 0 Å². The average Bonchev–Trinajstić information content (AvgIpc) is 0.754.